The predicted molar refractivity (Wildman–Crippen MR) is 75.7 cm³/mol. The molecule has 0 aromatic heterocycles. The van der Waals surface area contributed by atoms with Crippen LogP contribution in [0.15, 0.2) is 24.3 Å². The average molecular weight is 231 g/mol. The smallest absolute Gasteiger partial charge is 0.0401 e. The van der Waals surface area contributed by atoms with E-state index in [9.17, 15) is 0 Å². The van der Waals surface area contributed by atoms with Crippen LogP contribution in [0.1, 0.15) is 51.5 Å². The zero-order valence-corrected chi connectivity index (χ0v) is 11.3. The van der Waals surface area contributed by atoms with Crippen molar-refractivity contribution >= 4 is 5.69 Å². The Bertz CT molecular complexity index is 345. The monoisotopic (exact) mass is 231 g/mol. The maximum absolute atomic E-state index is 2.60. The lowest BCUT2D eigenvalue weighted by atomic mass is 10.1. The number of unbranched alkanes of at least 4 members (excludes halogenated alkanes) is 3. The van der Waals surface area contributed by atoms with Crippen molar-refractivity contribution in [3.05, 3.63) is 29.8 Å². The van der Waals surface area contributed by atoms with Crippen molar-refractivity contribution in [1.29, 1.82) is 0 Å². The summed E-state index contributed by atoms with van der Waals surface area (Å²) < 4.78 is 0. The molecule has 1 heteroatoms. The largest absolute Gasteiger partial charge is 0.368 e. The summed E-state index contributed by atoms with van der Waals surface area (Å²) in [5.74, 6) is 0. The number of fused-ring (bicyclic) bond motifs is 1. The molecule has 0 amide bonds. The van der Waals surface area contributed by atoms with Gasteiger partial charge in [-0.25, -0.2) is 0 Å². The Morgan fingerprint density at radius 3 is 2.82 bits per heavy atom. The molecule has 1 aromatic carbocycles. The normalized spacial score (nSPS) is 16.0. The second-order valence-corrected chi connectivity index (χ2v) is 5.27. The van der Waals surface area contributed by atoms with E-state index in [1.807, 2.05) is 0 Å². The van der Waals surface area contributed by atoms with Gasteiger partial charge in [-0.3, -0.25) is 0 Å². The van der Waals surface area contributed by atoms with Crippen LogP contribution >= 0.6 is 0 Å². The van der Waals surface area contributed by atoms with Crippen LogP contribution in [-0.2, 0) is 6.42 Å². The van der Waals surface area contributed by atoms with Gasteiger partial charge in [-0.05, 0) is 31.4 Å². The third-order valence-electron chi connectivity index (χ3n) is 3.93. The van der Waals surface area contributed by atoms with E-state index in [1.54, 1.807) is 0 Å². The molecule has 17 heavy (non-hydrogen) atoms. The molecule has 1 aliphatic rings. The molecule has 0 saturated carbocycles. The highest BCUT2D eigenvalue weighted by molar-refractivity contribution is 5.58. The van der Waals surface area contributed by atoms with E-state index in [-0.39, 0.29) is 0 Å². The van der Waals surface area contributed by atoms with E-state index in [1.165, 1.54) is 56.3 Å². The van der Waals surface area contributed by atoms with Gasteiger partial charge < -0.3 is 4.90 Å². The molecular formula is C16H25N. The highest BCUT2D eigenvalue weighted by atomic mass is 15.2. The molecule has 0 aliphatic carbocycles. The van der Waals surface area contributed by atoms with Crippen LogP contribution in [0.5, 0.6) is 0 Å². The van der Waals surface area contributed by atoms with E-state index >= 15 is 0 Å². The zero-order valence-electron chi connectivity index (χ0n) is 11.3. The minimum atomic E-state index is 0.704. The van der Waals surface area contributed by atoms with Gasteiger partial charge in [0.15, 0.2) is 0 Å². The van der Waals surface area contributed by atoms with Crippen molar-refractivity contribution in [2.24, 2.45) is 0 Å². The number of benzene rings is 1. The van der Waals surface area contributed by atoms with Gasteiger partial charge in [0, 0.05) is 18.3 Å². The Hall–Kier alpha value is -0.980. The van der Waals surface area contributed by atoms with Gasteiger partial charge in [0.05, 0.1) is 0 Å². The molecule has 1 unspecified atom stereocenters. The Kier molecular flexibility index (Phi) is 4.47. The lowest BCUT2D eigenvalue weighted by Gasteiger charge is -2.27. The van der Waals surface area contributed by atoms with Gasteiger partial charge in [0.2, 0.25) is 0 Å². The summed E-state index contributed by atoms with van der Waals surface area (Å²) in [6.07, 6.45) is 8.08. The van der Waals surface area contributed by atoms with Crippen molar-refractivity contribution < 1.29 is 0 Å². The number of anilines is 1. The molecule has 1 nitrogen and oxygen atoms in total. The molecule has 0 fully saturated rings. The van der Waals surface area contributed by atoms with E-state index < -0.39 is 0 Å². The molecule has 0 radical (unpaired) electrons. The van der Waals surface area contributed by atoms with Gasteiger partial charge in [-0.2, -0.15) is 0 Å². The van der Waals surface area contributed by atoms with Gasteiger partial charge in [-0.1, -0.05) is 50.8 Å². The lowest BCUT2D eigenvalue weighted by molar-refractivity contribution is 0.545. The quantitative estimate of drug-likeness (QED) is 0.656. The van der Waals surface area contributed by atoms with Gasteiger partial charge >= 0.3 is 0 Å². The molecule has 0 spiro atoms. The van der Waals surface area contributed by atoms with E-state index in [0.717, 1.165) is 0 Å². The second kappa shape index (κ2) is 6.09. The lowest BCUT2D eigenvalue weighted by Crippen LogP contribution is -2.31. The van der Waals surface area contributed by atoms with E-state index in [2.05, 4.69) is 43.0 Å². The first-order chi connectivity index (χ1) is 8.33. The Balaban J connectivity index is 1.87. The fourth-order valence-electron chi connectivity index (χ4n) is 2.84. The number of hydrogen-bond donors (Lipinski definition) is 0. The minimum absolute atomic E-state index is 0.704. The van der Waals surface area contributed by atoms with Crippen molar-refractivity contribution in [2.75, 3.05) is 11.4 Å². The SMILES string of the molecule is CCCCCCC(C)N1CCc2ccccc21. The van der Waals surface area contributed by atoms with Crippen LogP contribution in [0.2, 0.25) is 0 Å². The molecule has 0 bridgehead atoms. The Labute approximate surface area is 106 Å². The molecule has 1 heterocycles. The first-order valence-electron chi connectivity index (χ1n) is 7.17. The number of rotatable bonds is 6. The van der Waals surface area contributed by atoms with Crippen LogP contribution < -0.4 is 4.90 Å². The molecular weight excluding hydrogens is 206 g/mol. The Morgan fingerprint density at radius 1 is 1.18 bits per heavy atom. The van der Waals surface area contributed by atoms with Crippen LogP contribution in [-0.4, -0.2) is 12.6 Å². The van der Waals surface area contributed by atoms with Crippen molar-refractivity contribution in [1.82, 2.24) is 0 Å². The molecule has 0 saturated heterocycles. The minimum Gasteiger partial charge on any atom is -0.368 e. The van der Waals surface area contributed by atoms with Gasteiger partial charge in [0.25, 0.3) is 0 Å². The van der Waals surface area contributed by atoms with Gasteiger partial charge in [0.1, 0.15) is 0 Å². The summed E-state index contributed by atoms with van der Waals surface area (Å²) >= 11 is 0. The van der Waals surface area contributed by atoms with Crippen molar-refractivity contribution in [3.63, 3.8) is 0 Å². The van der Waals surface area contributed by atoms with Crippen molar-refractivity contribution in [2.45, 2.75) is 58.4 Å². The topological polar surface area (TPSA) is 3.24 Å². The summed E-state index contributed by atoms with van der Waals surface area (Å²) in [5.41, 5.74) is 3.02. The van der Waals surface area contributed by atoms with Crippen LogP contribution in [0.25, 0.3) is 0 Å². The van der Waals surface area contributed by atoms with Crippen LogP contribution in [0.3, 0.4) is 0 Å². The first kappa shape index (κ1) is 12.5. The highest BCUT2D eigenvalue weighted by Crippen LogP contribution is 2.30. The molecule has 1 aromatic rings. The fourth-order valence-corrected chi connectivity index (χ4v) is 2.84. The van der Waals surface area contributed by atoms with Crippen LogP contribution in [0, 0.1) is 0 Å². The summed E-state index contributed by atoms with van der Waals surface area (Å²) in [5, 5.41) is 0. The standard InChI is InChI=1S/C16H25N/c1-3-4-5-6-9-14(2)17-13-12-15-10-7-8-11-16(15)17/h7-8,10-11,14H,3-6,9,12-13H2,1-2H3. The number of nitrogens with zero attached hydrogens (tertiary/aromatic N) is 1. The Morgan fingerprint density at radius 2 is 2.00 bits per heavy atom. The molecule has 0 N–H and O–H groups in total. The third kappa shape index (κ3) is 3.02. The van der Waals surface area contributed by atoms with Crippen LogP contribution in [0.4, 0.5) is 5.69 Å². The van der Waals surface area contributed by atoms with Gasteiger partial charge in [-0.15, -0.1) is 0 Å². The average Bonchev–Trinajstić information content (AvgIpc) is 2.78. The summed E-state index contributed by atoms with van der Waals surface area (Å²) in [7, 11) is 0. The van der Waals surface area contributed by atoms with E-state index in [4.69, 9.17) is 0 Å². The highest BCUT2D eigenvalue weighted by Gasteiger charge is 2.22. The van der Waals surface area contributed by atoms with E-state index in [0.29, 0.717) is 6.04 Å². The third-order valence-corrected chi connectivity index (χ3v) is 3.93. The summed E-state index contributed by atoms with van der Waals surface area (Å²) in [6.45, 7) is 5.88. The molecule has 1 atom stereocenters. The maximum atomic E-state index is 2.60. The predicted octanol–water partition coefficient (Wildman–Crippen LogP) is 4.41. The maximum Gasteiger partial charge on any atom is 0.0401 e. The number of hydrogen-bond acceptors (Lipinski definition) is 1. The molecule has 2 rings (SSSR count). The molecule has 94 valence electrons. The molecule has 1 aliphatic heterocycles. The zero-order chi connectivity index (χ0) is 12.1. The number of para-hydroxylation sites is 1. The second-order valence-electron chi connectivity index (χ2n) is 5.27. The summed E-state index contributed by atoms with van der Waals surface area (Å²) in [4.78, 5) is 2.60. The first-order valence-corrected chi connectivity index (χ1v) is 7.17. The van der Waals surface area contributed by atoms with Crippen molar-refractivity contribution in [3.8, 4) is 0 Å². The summed E-state index contributed by atoms with van der Waals surface area (Å²) in [6, 6.07) is 9.59. The fraction of sp³-hybridized carbons (Fsp3) is 0.625.